The van der Waals surface area contributed by atoms with Crippen molar-refractivity contribution < 1.29 is 19.1 Å². The van der Waals surface area contributed by atoms with E-state index < -0.39 is 5.91 Å². The van der Waals surface area contributed by atoms with Crippen molar-refractivity contribution in [1.82, 2.24) is 10.7 Å². The molecule has 0 aliphatic rings. The lowest BCUT2D eigenvalue weighted by atomic mass is 10.2. The van der Waals surface area contributed by atoms with Crippen LogP contribution in [0.25, 0.3) is 0 Å². The summed E-state index contributed by atoms with van der Waals surface area (Å²) in [5, 5.41) is 6.41. The number of benzene rings is 2. The van der Waals surface area contributed by atoms with Crippen molar-refractivity contribution in [1.29, 1.82) is 0 Å². The van der Waals surface area contributed by atoms with Crippen LogP contribution >= 0.6 is 0 Å². The summed E-state index contributed by atoms with van der Waals surface area (Å²) in [6, 6.07) is 13.9. The average Bonchev–Trinajstić information content (AvgIpc) is 2.71. The van der Waals surface area contributed by atoms with Crippen molar-refractivity contribution in [2.24, 2.45) is 5.10 Å². The smallest absolute Gasteiger partial charge is 0.259 e. The van der Waals surface area contributed by atoms with Gasteiger partial charge >= 0.3 is 0 Å². The Balaban J connectivity index is 1.78. The Morgan fingerprint density at radius 1 is 1.11 bits per heavy atom. The number of nitrogens with zero attached hydrogens (tertiary/aromatic N) is 1. The molecule has 2 aromatic rings. The third-order valence-electron chi connectivity index (χ3n) is 3.47. The molecule has 0 aromatic heterocycles. The third-order valence-corrected chi connectivity index (χ3v) is 3.47. The maximum absolute atomic E-state index is 12.0. The molecule has 2 rings (SSSR count). The molecule has 0 radical (unpaired) electrons. The Morgan fingerprint density at radius 3 is 2.61 bits per heavy atom. The SMILES string of the molecule is C=CCOc1cccc(/C=N/NC(=O)CNC(=O)c2ccc(OCC)cc2)c1. The number of amides is 2. The topological polar surface area (TPSA) is 89.0 Å². The summed E-state index contributed by atoms with van der Waals surface area (Å²) in [5.41, 5.74) is 3.57. The molecule has 0 unspecified atom stereocenters. The fourth-order valence-corrected chi connectivity index (χ4v) is 2.19. The van der Waals surface area contributed by atoms with Gasteiger partial charge in [0.05, 0.1) is 19.4 Å². The predicted octanol–water partition coefficient (Wildman–Crippen LogP) is 2.53. The van der Waals surface area contributed by atoms with Gasteiger partial charge in [0.1, 0.15) is 18.1 Å². The zero-order valence-electron chi connectivity index (χ0n) is 15.7. The van der Waals surface area contributed by atoms with Crippen LogP contribution in [-0.2, 0) is 4.79 Å². The lowest BCUT2D eigenvalue weighted by Gasteiger charge is -2.06. The third kappa shape index (κ3) is 6.95. The van der Waals surface area contributed by atoms with Crippen LogP contribution in [0.4, 0.5) is 0 Å². The summed E-state index contributed by atoms with van der Waals surface area (Å²) < 4.78 is 10.8. The quantitative estimate of drug-likeness (QED) is 0.376. The van der Waals surface area contributed by atoms with E-state index in [2.05, 4.69) is 22.4 Å². The van der Waals surface area contributed by atoms with Gasteiger partial charge in [-0.2, -0.15) is 5.10 Å². The molecule has 146 valence electrons. The number of nitrogens with one attached hydrogen (secondary N) is 2. The van der Waals surface area contributed by atoms with Gasteiger partial charge in [-0.25, -0.2) is 5.43 Å². The standard InChI is InChI=1S/C21H23N3O4/c1-3-12-28-19-7-5-6-16(13-19)14-23-24-20(25)15-22-21(26)17-8-10-18(11-9-17)27-4-2/h3,5-11,13-14H,1,4,12,15H2,2H3,(H,22,26)(H,24,25)/b23-14+. The van der Waals surface area contributed by atoms with Gasteiger partial charge in [-0.15, -0.1) is 0 Å². The molecule has 0 fully saturated rings. The van der Waals surface area contributed by atoms with E-state index in [1.807, 2.05) is 25.1 Å². The van der Waals surface area contributed by atoms with Crippen molar-refractivity contribution in [3.8, 4) is 11.5 Å². The van der Waals surface area contributed by atoms with Gasteiger partial charge in [0.25, 0.3) is 11.8 Å². The van der Waals surface area contributed by atoms with Crippen molar-refractivity contribution >= 4 is 18.0 Å². The van der Waals surface area contributed by atoms with Crippen LogP contribution < -0.4 is 20.2 Å². The van der Waals surface area contributed by atoms with Gasteiger partial charge in [-0.3, -0.25) is 9.59 Å². The van der Waals surface area contributed by atoms with E-state index in [4.69, 9.17) is 9.47 Å². The number of carbonyl (C=O) groups is 2. The van der Waals surface area contributed by atoms with E-state index in [-0.39, 0.29) is 12.5 Å². The predicted molar refractivity (Wildman–Crippen MR) is 108 cm³/mol. The second-order valence-electron chi connectivity index (χ2n) is 5.61. The molecule has 0 saturated carbocycles. The molecule has 0 spiro atoms. The number of rotatable bonds is 10. The molecule has 7 nitrogen and oxygen atoms in total. The van der Waals surface area contributed by atoms with Crippen LogP contribution in [0, 0.1) is 0 Å². The van der Waals surface area contributed by atoms with E-state index in [1.165, 1.54) is 6.21 Å². The van der Waals surface area contributed by atoms with Gasteiger partial charge in [-0.1, -0.05) is 24.8 Å². The Morgan fingerprint density at radius 2 is 1.89 bits per heavy atom. The molecule has 0 heterocycles. The number of ether oxygens (including phenoxy) is 2. The second kappa shape index (κ2) is 11.2. The zero-order valence-corrected chi connectivity index (χ0v) is 15.7. The highest BCUT2D eigenvalue weighted by Gasteiger charge is 2.07. The summed E-state index contributed by atoms with van der Waals surface area (Å²) >= 11 is 0. The normalized spacial score (nSPS) is 10.3. The van der Waals surface area contributed by atoms with Gasteiger partial charge in [0.15, 0.2) is 0 Å². The highest BCUT2D eigenvalue weighted by atomic mass is 16.5. The number of hydrazone groups is 1. The van der Waals surface area contributed by atoms with Crippen LogP contribution in [0.1, 0.15) is 22.8 Å². The molecule has 2 aromatic carbocycles. The highest BCUT2D eigenvalue weighted by molar-refractivity contribution is 5.96. The first-order chi connectivity index (χ1) is 13.6. The monoisotopic (exact) mass is 381 g/mol. The van der Waals surface area contributed by atoms with E-state index in [1.54, 1.807) is 36.4 Å². The minimum absolute atomic E-state index is 0.189. The first kappa shape index (κ1) is 20.7. The van der Waals surface area contributed by atoms with E-state index >= 15 is 0 Å². The molecule has 7 heteroatoms. The number of carbonyl (C=O) groups excluding carboxylic acids is 2. The van der Waals surface area contributed by atoms with Crippen LogP contribution in [0.5, 0.6) is 11.5 Å². The Kier molecular flexibility index (Phi) is 8.26. The van der Waals surface area contributed by atoms with Crippen LogP contribution in [0.15, 0.2) is 66.3 Å². The fraction of sp³-hybridized carbons (Fsp3) is 0.190. The minimum Gasteiger partial charge on any atom is -0.494 e. The van der Waals surface area contributed by atoms with Gasteiger partial charge in [0, 0.05) is 5.56 Å². The molecule has 0 saturated heterocycles. The maximum atomic E-state index is 12.0. The van der Waals surface area contributed by atoms with Crippen LogP contribution in [0.3, 0.4) is 0 Å². The first-order valence-electron chi connectivity index (χ1n) is 8.79. The molecule has 2 N–H and O–H groups in total. The summed E-state index contributed by atoms with van der Waals surface area (Å²) in [7, 11) is 0. The van der Waals surface area contributed by atoms with Gasteiger partial charge in [0.2, 0.25) is 0 Å². The average molecular weight is 381 g/mol. The molecule has 0 atom stereocenters. The minimum atomic E-state index is -0.436. The van der Waals surface area contributed by atoms with E-state index in [0.29, 0.717) is 30.3 Å². The Bertz CT molecular complexity index is 832. The maximum Gasteiger partial charge on any atom is 0.259 e. The second-order valence-corrected chi connectivity index (χ2v) is 5.61. The molecular weight excluding hydrogens is 358 g/mol. The van der Waals surface area contributed by atoms with E-state index in [9.17, 15) is 9.59 Å². The molecular formula is C21H23N3O4. The largest absolute Gasteiger partial charge is 0.494 e. The zero-order chi connectivity index (χ0) is 20.2. The number of hydrogen-bond donors (Lipinski definition) is 2. The Labute approximate surface area is 164 Å². The Hall–Kier alpha value is -3.61. The van der Waals surface area contributed by atoms with Crippen molar-refractivity contribution in [3.05, 3.63) is 72.3 Å². The van der Waals surface area contributed by atoms with Crippen molar-refractivity contribution in [3.63, 3.8) is 0 Å². The molecule has 2 amide bonds. The summed E-state index contributed by atoms with van der Waals surface area (Å²) in [6.45, 7) is 6.25. The lowest BCUT2D eigenvalue weighted by molar-refractivity contribution is -0.120. The van der Waals surface area contributed by atoms with Crippen molar-refractivity contribution in [2.75, 3.05) is 19.8 Å². The number of hydrogen-bond acceptors (Lipinski definition) is 5. The molecule has 0 aliphatic heterocycles. The summed E-state index contributed by atoms with van der Waals surface area (Å²) in [5.74, 6) is 0.576. The summed E-state index contributed by atoms with van der Waals surface area (Å²) in [4.78, 5) is 23.9. The summed E-state index contributed by atoms with van der Waals surface area (Å²) in [6.07, 6.45) is 3.15. The van der Waals surface area contributed by atoms with Gasteiger partial charge < -0.3 is 14.8 Å². The first-order valence-corrected chi connectivity index (χ1v) is 8.79. The van der Waals surface area contributed by atoms with Crippen molar-refractivity contribution in [2.45, 2.75) is 6.92 Å². The van der Waals surface area contributed by atoms with E-state index in [0.717, 1.165) is 5.56 Å². The molecule has 28 heavy (non-hydrogen) atoms. The lowest BCUT2D eigenvalue weighted by Crippen LogP contribution is -2.34. The van der Waals surface area contributed by atoms with Crippen LogP contribution in [-0.4, -0.2) is 37.8 Å². The fourth-order valence-electron chi connectivity index (χ4n) is 2.19. The van der Waals surface area contributed by atoms with Crippen LogP contribution in [0.2, 0.25) is 0 Å². The molecule has 0 bridgehead atoms. The molecule has 0 aliphatic carbocycles. The highest BCUT2D eigenvalue weighted by Crippen LogP contribution is 2.12. The van der Waals surface area contributed by atoms with Gasteiger partial charge in [-0.05, 0) is 48.9 Å².